The Balaban J connectivity index is 1.60. The zero-order chi connectivity index (χ0) is 26.5. The van der Waals surface area contributed by atoms with E-state index >= 15 is 0 Å². The largest absolute Gasteiger partial charge is 0.497 e. The van der Waals surface area contributed by atoms with Gasteiger partial charge in [0.05, 0.1) is 26.2 Å². The highest BCUT2D eigenvalue weighted by atomic mass is 16.5. The van der Waals surface area contributed by atoms with Crippen molar-refractivity contribution in [3.8, 4) is 5.75 Å². The van der Waals surface area contributed by atoms with Crippen molar-refractivity contribution in [2.45, 2.75) is 57.9 Å². The van der Waals surface area contributed by atoms with Crippen molar-refractivity contribution >= 4 is 17.8 Å². The van der Waals surface area contributed by atoms with E-state index in [0.29, 0.717) is 13.0 Å². The van der Waals surface area contributed by atoms with E-state index in [1.165, 1.54) is 0 Å². The monoisotopic (exact) mass is 507 g/mol. The molecule has 2 heterocycles. The average molecular weight is 508 g/mol. The van der Waals surface area contributed by atoms with Crippen LogP contribution in [0.25, 0.3) is 0 Å². The molecule has 2 aromatic carbocycles. The number of hydrogen-bond donors (Lipinski definition) is 1. The molecule has 4 rings (SSSR count). The van der Waals surface area contributed by atoms with Crippen LogP contribution in [0.1, 0.15) is 50.3 Å². The smallest absolute Gasteiger partial charge is 0.334 e. The van der Waals surface area contributed by atoms with Crippen LogP contribution < -0.4 is 10.1 Å². The van der Waals surface area contributed by atoms with Crippen LogP contribution in [0.4, 0.5) is 4.79 Å². The van der Waals surface area contributed by atoms with E-state index in [0.717, 1.165) is 29.7 Å². The fraction of sp³-hybridized carbons (Fsp3) is 0.464. The molecule has 0 aromatic heterocycles. The first-order valence-electron chi connectivity index (χ1n) is 12.9. The van der Waals surface area contributed by atoms with Crippen molar-refractivity contribution in [3.05, 3.63) is 65.7 Å². The number of urea groups is 1. The lowest BCUT2D eigenvalue weighted by Crippen LogP contribution is -2.76. The lowest BCUT2D eigenvalue weighted by Gasteiger charge is -2.55. The zero-order valence-electron chi connectivity index (χ0n) is 22.1. The minimum Gasteiger partial charge on any atom is -0.497 e. The molecule has 0 bridgehead atoms. The minimum atomic E-state index is -0.594. The number of nitrogens with zero attached hydrogens (tertiary/aromatic N) is 4. The van der Waals surface area contributed by atoms with Gasteiger partial charge in [-0.1, -0.05) is 62.2 Å². The number of unbranched alkanes of at least 4 members (excludes halogenated alkanes) is 1. The summed E-state index contributed by atoms with van der Waals surface area (Å²) in [5, 5.41) is 6.25. The van der Waals surface area contributed by atoms with Gasteiger partial charge in [-0.25, -0.2) is 14.8 Å². The highest BCUT2D eigenvalue weighted by Crippen LogP contribution is 2.32. The lowest BCUT2D eigenvalue weighted by molar-refractivity contribution is -0.189. The number of fused-ring (bicyclic) bond motifs is 1. The summed E-state index contributed by atoms with van der Waals surface area (Å²) < 4.78 is 5.21. The Hall–Kier alpha value is -3.59. The van der Waals surface area contributed by atoms with E-state index in [9.17, 15) is 14.4 Å². The van der Waals surface area contributed by atoms with Gasteiger partial charge in [-0.3, -0.25) is 9.59 Å². The molecule has 9 nitrogen and oxygen atoms in total. The summed E-state index contributed by atoms with van der Waals surface area (Å²) in [6.07, 6.45) is 1.71. The van der Waals surface area contributed by atoms with Crippen LogP contribution in [0.2, 0.25) is 0 Å². The van der Waals surface area contributed by atoms with Gasteiger partial charge in [0.1, 0.15) is 18.0 Å². The highest BCUT2D eigenvalue weighted by Gasteiger charge is 2.51. The van der Waals surface area contributed by atoms with Gasteiger partial charge in [0.2, 0.25) is 11.8 Å². The number of carbonyl (C=O) groups is 3. The first kappa shape index (κ1) is 26.5. The van der Waals surface area contributed by atoms with Gasteiger partial charge >= 0.3 is 6.03 Å². The standard InChI is InChI=1S/C28H37N5O4/c1-5-6-12-24-27(35)31(20(2)22-10-8-7-9-11-22)18-25-32(24)26(34)19-30(3)33(25)28(36)29-17-21-13-15-23(37-4)16-14-21/h7-11,13-16,20,24-25H,5-6,12,17-19H2,1-4H3,(H,29,36)/t20-,24-,25-/m0/s1. The van der Waals surface area contributed by atoms with Crippen LogP contribution in [-0.4, -0.2) is 77.1 Å². The number of likely N-dealkylation sites (N-methyl/N-ethyl adjacent to an activating group) is 1. The van der Waals surface area contributed by atoms with E-state index in [4.69, 9.17) is 4.74 Å². The molecular formula is C28H37N5O4. The van der Waals surface area contributed by atoms with Gasteiger partial charge in [-0.15, -0.1) is 0 Å². The number of piperazine rings is 1. The summed E-state index contributed by atoms with van der Waals surface area (Å²) in [5.74, 6) is 0.559. The molecule has 3 atom stereocenters. The predicted octanol–water partition coefficient (Wildman–Crippen LogP) is 3.38. The Morgan fingerprint density at radius 1 is 1.11 bits per heavy atom. The molecule has 2 aliphatic heterocycles. The third-order valence-corrected chi connectivity index (χ3v) is 7.28. The summed E-state index contributed by atoms with van der Waals surface area (Å²) in [5.41, 5.74) is 1.95. The Labute approximate surface area is 218 Å². The number of nitrogens with one attached hydrogen (secondary N) is 1. The summed E-state index contributed by atoms with van der Waals surface area (Å²) in [6.45, 7) is 4.68. The van der Waals surface area contributed by atoms with Crippen molar-refractivity contribution < 1.29 is 19.1 Å². The fourth-order valence-corrected chi connectivity index (χ4v) is 5.20. The summed E-state index contributed by atoms with van der Waals surface area (Å²) in [6, 6.07) is 16.3. The molecule has 0 radical (unpaired) electrons. The van der Waals surface area contributed by atoms with E-state index in [-0.39, 0.29) is 37.0 Å². The molecule has 4 amide bonds. The van der Waals surface area contributed by atoms with Gasteiger partial charge < -0.3 is 19.9 Å². The molecular weight excluding hydrogens is 470 g/mol. The summed E-state index contributed by atoms with van der Waals surface area (Å²) in [7, 11) is 3.35. The summed E-state index contributed by atoms with van der Waals surface area (Å²) in [4.78, 5) is 44.0. The van der Waals surface area contributed by atoms with Crippen LogP contribution in [0.5, 0.6) is 5.75 Å². The molecule has 9 heteroatoms. The van der Waals surface area contributed by atoms with Crippen molar-refractivity contribution in [1.29, 1.82) is 0 Å². The second-order valence-corrected chi connectivity index (χ2v) is 9.68. The molecule has 2 fully saturated rings. The maximum Gasteiger partial charge on any atom is 0.334 e. The van der Waals surface area contributed by atoms with E-state index in [2.05, 4.69) is 12.2 Å². The third kappa shape index (κ3) is 5.56. The topological polar surface area (TPSA) is 85.4 Å². The Morgan fingerprint density at radius 3 is 2.46 bits per heavy atom. The second-order valence-electron chi connectivity index (χ2n) is 9.68. The van der Waals surface area contributed by atoms with E-state index in [1.54, 1.807) is 29.1 Å². The maximum absolute atomic E-state index is 13.8. The van der Waals surface area contributed by atoms with Gasteiger partial charge in [-0.05, 0) is 36.6 Å². The molecule has 2 aliphatic rings. The van der Waals surface area contributed by atoms with E-state index < -0.39 is 12.2 Å². The van der Waals surface area contributed by atoms with Crippen molar-refractivity contribution in [2.24, 2.45) is 0 Å². The Morgan fingerprint density at radius 2 is 1.81 bits per heavy atom. The molecule has 0 saturated carbocycles. The first-order chi connectivity index (χ1) is 17.8. The Kier molecular flexibility index (Phi) is 8.33. The quantitative estimate of drug-likeness (QED) is 0.592. The highest BCUT2D eigenvalue weighted by molar-refractivity contribution is 5.91. The van der Waals surface area contributed by atoms with E-state index in [1.807, 2.05) is 66.4 Å². The number of hydrazine groups is 1. The normalized spacial score (nSPS) is 21.0. The molecule has 198 valence electrons. The van der Waals surface area contributed by atoms with Crippen LogP contribution in [-0.2, 0) is 16.1 Å². The SMILES string of the molecule is CCCC[C@H]1C(=O)N([C@@H](C)c2ccccc2)C[C@H]2N1C(=O)CN(C)N2C(=O)NCc1ccc(OC)cc1. The Bertz CT molecular complexity index is 1090. The third-order valence-electron chi connectivity index (χ3n) is 7.28. The molecule has 1 N–H and O–H groups in total. The van der Waals surface area contributed by atoms with Crippen LogP contribution in [0.3, 0.4) is 0 Å². The first-order valence-corrected chi connectivity index (χ1v) is 12.9. The zero-order valence-corrected chi connectivity index (χ0v) is 22.1. The number of carbonyl (C=O) groups excluding carboxylic acids is 3. The molecule has 2 aromatic rings. The number of hydrogen-bond acceptors (Lipinski definition) is 5. The molecule has 0 spiro atoms. The number of amides is 4. The number of ether oxygens (including phenoxy) is 1. The maximum atomic E-state index is 13.8. The molecule has 37 heavy (non-hydrogen) atoms. The van der Waals surface area contributed by atoms with Gasteiger partial charge in [0.15, 0.2) is 0 Å². The van der Waals surface area contributed by atoms with Gasteiger partial charge in [0.25, 0.3) is 0 Å². The van der Waals surface area contributed by atoms with Crippen LogP contribution in [0, 0.1) is 0 Å². The molecule has 0 aliphatic carbocycles. The number of methoxy groups -OCH3 is 1. The molecule has 2 saturated heterocycles. The van der Waals surface area contributed by atoms with Crippen molar-refractivity contribution in [1.82, 2.24) is 25.1 Å². The fourth-order valence-electron chi connectivity index (χ4n) is 5.20. The lowest BCUT2D eigenvalue weighted by atomic mass is 9.98. The van der Waals surface area contributed by atoms with Crippen molar-refractivity contribution in [3.63, 3.8) is 0 Å². The van der Waals surface area contributed by atoms with Crippen molar-refractivity contribution in [2.75, 3.05) is 27.2 Å². The summed E-state index contributed by atoms with van der Waals surface area (Å²) >= 11 is 0. The van der Waals surface area contributed by atoms with Crippen LogP contribution >= 0.6 is 0 Å². The molecule has 0 unspecified atom stereocenters. The number of rotatable bonds is 8. The second kappa shape index (κ2) is 11.6. The number of benzene rings is 2. The minimum absolute atomic E-state index is 0.0383. The van der Waals surface area contributed by atoms with Gasteiger partial charge in [-0.2, -0.15) is 0 Å². The predicted molar refractivity (Wildman–Crippen MR) is 140 cm³/mol. The average Bonchev–Trinajstić information content (AvgIpc) is 2.91. The van der Waals surface area contributed by atoms with Crippen LogP contribution in [0.15, 0.2) is 54.6 Å². The van der Waals surface area contributed by atoms with Gasteiger partial charge in [0, 0.05) is 13.6 Å².